The van der Waals surface area contributed by atoms with Crippen LogP contribution in [0.2, 0.25) is 0 Å². The highest BCUT2D eigenvalue weighted by Gasteiger charge is 2.24. The van der Waals surface area contributed by atoms with Gasteiger partial charge >= 0.3 is 10.8 Å². The van der Waals surface area contributed by atoms with Crippen molar-refractivity contribution in [3.63, 3.8) is 0 Å². The average Bonchev–Trinajstić information content (AvgIpc) is 2.46. The molecule has 1 heterocycles. The van der Waals surface area contributed by atoms with E-state index in [-0.39, 0.29) is 23.7 Å². The van der Waals surface area contributed by atoms with E-state index in [0.717, 1.165) is 17.0 Å². The molecule has 0 fully saturated rings. The molecule has 100 valence electrons. The van der Waals surface area contributed by atoms with Crippen LogP contribution in [0, 0.1) is 6.92 Å². The van der Waals surface area contributed by atoms with Crippen LogP contribution in [0.1, 0.15) is 26.0 Å². The summed E-state index contributed by atoms with van der Waals surface area (Å²) in [6.07, 6.45) is -0.170. The molecule has 1 rings (SSSR count). The minimum Gasteiger partial charge on any atom is -0.481 e. The molecule has 0 aliphatic carbocycles. The second-order valence-electron chi connectivity index (χ2n) is 4.73. The zero-order valence-electron chi connectivity index (χ0n) is 10.5. The van der Waals surface area contributed by atoms with E-state index in [1.807, 2.05) is 0 Å². The first-order valence-corrected chi connectivity index (χ1v) is 6.27. The lowest BCUT2D eigenvalue weighted by Gasteiger charge is -2.24. The van der Waals surface area contributed by atoms with Crippen LogP contribution >= 0.6 is 11.3 Å². The van der Waals surface area contributed by atoms with Crippen molar-refractivity contribution in [3.05, 3.63) is 20.7 Å². The van der Waals surface area contributed by atoms with Crippen LogP contribution in [0.15, 0.2) is 10.2 Å². The van der Waals surface area contributed by atoms with Crippen molar-refractivity contribution in [3.8, 4) is 0 Å². The third-order valence-corrected chi connectivity index (χ3v) is 3.23. The smallest absolute Gasteiger partial charge is 0.307 e. The first-order chi connectivity index (χ1) is 8.21. The molecule has 0 aromatic carbocycles. The fourth-order valence-electron chi connectivity index (χ4n) is 1.58. The molecule has 0 radical (unpaired) electrons. The summed E-state index contributed by atoms with van der Waals surface area (Å²) in [5.41, 5.74) is -0.118. The molecule has 0 aliphatic rings. The SMILES string of the molecule is Cc1csc(=O)n1CC(=O)NC(C)(C)CC(=O)O. The number of carboxylic acid groups (broad SMARTS) is 1. The summed E-state index contributed by atoms with van der Waals surface area (Å²) in [5.74, 6) is -1.35. The molecule has 0 saturated heterocycles. The van der Waals surface area contributed by atoms with Crippen molar-refractivity contribution in [1.29, 1.82) is 0 Å². The quantitative estimate of drug-likeness (QED) is 0.821. The first kappa shape index (κ1) is 14.4. The summed E-state index contributed by atoms with van der Waals surface area (Å²) < 4.78 is 1.36. The standard InChI is InChI=1S/C11H16N2O4S/c1-7-6-18-10(17)13(7)5-8(14)12-11(2,3)4-9(15)16/h6H,4-5H2,1-3H3,(H,12,14)(H,15,16). The topological polar surface area (TPSA) is 88.4 Å². The third kappa shape index (κ3) is 3.99. The number of aliphatic carboxylic acids is 1. The Kier molecular flexibility index (Phi) is 4.28. The maximum absolute atomic E-state index is 11.8. The van der Waals surface area contributed by atoms with Gasteiger partial charge in [-0.2, -0.15) is 0 Å². The maximum Gasteiger partial charge on any atom is 0.307 e. The van der Waals surface area contributed by atoms with Crippen LogP contribution in [0.3, 0.4) is 0 Å². The number of nitrogens with one attached hydrogen (secondary N) is 1. The molecular formula is C11H16N2O4S. The average molecular weight is 272 g/mol. The number of carboxylic acids is 1. The molecule has 1 amide bonds. The minimum absolute atomic E-state index is 0.0861. The number of nitrogens with zero attached hydrogens (tertiary/aromatic N) is 1. The summed E-state index contributed by atoms with van der Waals surface area (Å²) in [5, 5.41) is 13.0. The number of rotatable bonds is 5. The first-order valence-electron chi connectivity index (χ1n) is 5.39. The lowest BCUT2D eigenvalue weighted by molar-refractivity contribution is -0.138. The van der Waals surface area contributed by atoms with Gasteiger partial charge < -0.3 is 10.4 Å². The number of amides is 1. The van der Waals surface area contributed by atoms with E-state index < -0.39 is 11.5 Å². The summed E-state index contributed by atoms with van der Waals surface area (Å²) in [4.78, 5) is 33.6. The van der Waals surface area contributed by atoms with Gasteiger partial charge in [0.05, 0.1) is 6.42 Å². The Hall–Kier alpha value is -1.63. The lowest BCUT2D eigenvalue weighted by atomic mass is 10.0. The van der Waals surface area contributed by atoms with E-state index in [2.05, 4.69) is 5.32 Å². The molecule has 0 spiro atoms. The molecule has 7 heteroatoms. The number of carbonyl (C=O) groups is 2. The number of thiazole rings is 1. The molecule has 0 unspecified atom stereocenters. The number of aryl methyl sites for hydroxylation is 1. The molecule has 1 aromatic rings. The monoisotopic (exact) mass is 272 g/mol. The van der Waals surface area contributed by atoms with Gasteiger partial charge in [-0.05, 0) is 20.8 Å². The predicted octanol–water partition coefficient (Wildman–Crippen LogP) is 0.588. The Morgan fingerprint density at radius 2 is 2.11 bits per heavy atom. The van der Waals surface area contributed by atoms with Crippen LogP contribution in [-0.2, 0) is 16.1 Å². The van der Waals surface area contributed by atoms with Gasteiger partial charge in [-0.25, -0.2) is 0 Å². The van der Waals surface area contributed by atoms with Crippen molar-refractivity contribution < 1.29 is 14.7 Å². The molecular weight excluding hydrogens is 256 g/mol. The van der Waals surface area contributed by atoms with E-state index in [4.69, 9.17) is 5.11 Å². The fourth-order valence-corrected chi connectivity index (χ4v) is 2.31. The van der Waals surface area contributed by atoms with Crippen molar-refractivity contribution in [2.75, 3.05) is 0 Å². The molecule has 0 atom stereocenters. The van der Waals surface area contributed by atoms with Gasteiger partial charge in [0.25, 0.3) is 0 Å². The Morgan fingerprint density at radius 1 is 1.50 bits per heavy atom. The highest BCUT2D eigenvalue weighted by Crippen LogP contribution is 2.08. The number of aromatic nitrogens is 1. The Labute approximate surface area is 108 Å². The van der Waals surface area contributed by atoms with Crippen molar-refractivity contribution in [2.45, 2.75) is 39.3 Å². The zero-order chi connectivity index (χ0) is 13.9. The van der Waals surface area contributed by atoms with Gasteiger partial charge in [0, 0.05) is 16.6 Å². The summed E-state index contributed by atoms with van der Waals surface area (Å²) >= 11 is 1.03. The molecule has 1 aromatic heterocycles. The van der Waals surface area contributed by atoms with E-state index in [0.29, 0.717) is 0 Å². The van der Waals surface area contributed by atoms with Crippen LogP contribution in [0.25, 0.3) is 0 Å². The van der Waals surface area contributed by atoms with E-state index >= 15 is 0 Å². The van der Waals surface area contributed by atoms with Gasteiger partial charge in [-0.1, -0.05) is 11.3 Å². The predicted molar refractivity (Wildman–Crippen MR) is 67.8 cm³/mol. The van der Waals surface area contributed by atoms with Crippen LogP contribution in [-0.4, -0.2) is 27.1 Å². The summed E-state index contributed by atoms with van der Waals surface area (Å²) in [6, 6.07) is 0. The Morgan fingerprint density at radius 3 is 2.56 bits per heavy atom. The van der Waals surface area contributed by atoms with Gasteiger partial charge in [-0.3, -0.25) is 19.0 Å². The maximum atomic E-state index is 11.8. The van der Waals surface area contributed by atoms with E-state index in [1.54, 1.807) is 26.2 Å². The van der Waals surface area contributed by atoms with Crippen molar-refractivity contribution in [2.24, 2.45) is 0 Å². The third-order valence-electron chi connectivity index (χ3n) is 2.35. The van der Waals surface area contributed by atoms with Crippen molar-refractivity contribution >= 4 is 23.2 Å². The largest absolute Gasteiger partial charge is 0.481 e. The number of hydrogen-bond donors (Lipinski definition) is 2. The second kappa shape index (κ2) is 5.34. The zero-order valence-corrected chi connectivity index (χ0v) is 11.3. The van der Waals surface area contributed by atoms with Gasteiger partial charge in [0.15, 0.2) is 0 Å². The summed E-state index contributed by atoms with van der Waals surface area (Å²) in [7, 11) is 0. The van der Waals surface area contributed by atoms with Crippen LogP contribution in [0.4, 0.5) is 0 Å². The van der Waals surface area contributed by atoms with Gasteiger partial charge in [-0.15, -0.1) is 0 Å². The summed E-state index contributed by atoms with van der Waals surface area (Å²) in [6.45, 7) is 4.91. The molecule has 6 nitrogen and oxygen atoms in total. The number of hydrogen-bond acceptors (Lipinski definition) is 4. The normalized spacial score (nSPS) is 11.3. The van der Waals surface area contributed by atoms with Crippen molar-refractivity contribution in [1.82, 2.24) is 9.88 Å². The molecule has 0 saturated carbocycles. The van der Waals surface area contributed by atoms with Gasteiger partial charge in [0.2, 0.25) is 5.91 Å². The molecule has 0 aliphatic heterocycles. The Balaban J connectivity index is 2.68. The highest BCUT2D eigenvalue weighted by atomic mass is 32.1. The lowest BCUT2D eigenvalue weighted by Crippen LogP contribution is -2.46. The van der Waals surface area contributed by atoms with Crippen LogP contribution < -0.4 is 10.2 Å². The van der Waals surface area contributed by atoms with E-state index in [1.165, 1.54) is 4.57 Å². The Bertz CT molecular complexity index is 515. The second-order valence-corrected chi connectivity index (χ2v) is 5.55. The highest BCUT2D eigenvalue weighted by molar-refractivity contribution is 7.07. The van der Waals surface area contributed by atoms with Crippen LogP contribution in [0.5, 0.6) is 0 Å². The molecule has 2 N–H and O–H groups in total. The molecule has 0 bridgehead atoms. The molecule has 18 heavy (non-hydrogen) atoms. The van der Waals surface area contributed by atoms with E-state index in [9.17, 15) is 14.4 Å². The van der Waals surface area contributed by atoms with Gasteiger partial charge in [0.1, 0.15) is 6.54 Å². The number of carbonyl (C=O) groups excluding carboxylic acids is 1. The minimum atomic E-state index is -0.982. The fraction of sp³-hybridized carbons (Fsp3) is 0.545.